The molecular weight excluding hydrogens is 358 g/mol. The zero-order chi connectivity index (χ0) is 18.4. The van der Waals surface area contributed by atoms with Crippen LogP contribution in [-0.2, 0) is 10.0 Å². The van der Waals surface area contributed by atoms with Gasteiger partial charge in [0.15, 0.2) is 5.82 Å². The van der Waals surface area contributed by atoms with Crippen LogP contribution in [0.4, 0.5) is 0 Å². The molecule has 0 saturated heterocycles. The van der Waals surface area contributed by atoms with Gasteiger partial charge in [0.2, 0.25) is 15.2 Å². The summed E-state index contributed by atoms with van der Waals surface area (Å²) in [6.07, 6.45) is 2.17. The summed E-state index contributed by atoms with van der Waals surface area (Å²) in [5.74, 6) is 7.47. The van der Waals surface area contributed by atoms with Gasteiger partial charge in [-0.2, -0.15) is 4.31 Å². The Bertz CT molecular complexity index is 801. The number of rotatable bonds is 9. The first kappa shape index (κ1) is 19.7. The number of sulfonamides is 1. The Morgan fingerprint density at radius 2 is 1.92 bits per heavy atom. The van der Waals surface area contributed by atoms with E-state index in [-0.39, 0.29) is 4.90 Å². The van der Waals surface area contributed by atoms with Crippen molar-refractivity contribution in [1.29, 1.82) is 0 Å². The second kappa shape index (κ2) is 8.68. The SMILES string of the molecule is CCCCSc1nnc(-c2cccc(S(=O)(=O)N(CC)CC)c2)n1N. The molecule has 1 aromatic heterocycles. The van der Waals surface area contributed by atoms with E-state index >= 15 is 0 Å². The maximum Gasteiger partial charge on any atom is 0.243 e. The summed E-state index contributed by atoms with van der Waals surface area (Å²) >= 11 is 1.55. The lowest BCUT2D eigenvalue weighted by Crippen LogP contribution is -2.30. The first-order chi connectivity index (χ1) is 12.0. The predicted octanol–water partition coefficient (Wildman–Crippen LogP) is 2.58. The van der Waals surface area contributed by atoms with Gasteiger partial charge in [0.05, 0.1) is 4.90 Å². The van der Waals surface area contributed by atoms with E-state index in [0.717, 1.165) is 18.6 Å². The van der Waals surface area contributed by atoms with Crippen LogP contribution in [0.1, 0.15) is 33.6 Å². The molecule has 0 saturated carbocycles. The van der Waals surface area contributed by atoms with Crippen LogP contribution in [0.2, 0.25) is 0 Å². The highest BCUT2D eigenvalue weighted by Crippen LogP contribution is 2.25. The van der Waals surface area contributed by atoms with E-state index in [1.165, 1.54) is 8.98 Å². The van der Waals surface area contributed by atoms with Gasteiger partial charge in [-0.25, -0.2) is 13.1 Å². The first-order valence-corrected chi connectivity index (χ1v) is 10.8. The van der Waals surface area contributed by atoms with Gasteiger partial charge in [-0.3, -0.25) is 0 Å². The molecule has 2 aromatic rings. The van der Waals surface area contributed by atoms with E-state index in [1.807, 2.05) is 13.8 Å². The zero-order valence-electron chi connectivity index (χ0n) is 14.8. The number of hydrogen-bond acceptors (Lipinski definition) is 6. The molecule has 25 heavy (non-hydrogen) atoms. The quantitative estimate of drug-likeness (QED) is 0.406. The Kier molecular flexibility index (Phi) is 6.86. The molecule has 0 unspecified atom stereocenters. The van der Waals surface area contributed by atoms with Crippen molar-refractivity contribution in [3.8, 4) is 11.4 Å². The largest absolute Gasteiger partial charge is 0.335 e. The van der Waals surface area contributed by atoms with Crippen LogP contribution in [0.25, 0.3) is 11.4 Å². The summed E-state index contributed by atoms with van der Waals surface area (Å²) in [5.41, 5.74) is 0.630. The Hall–Kier alpha value is -1.58. The van der Waals surface area contributed by atoms with Crippen LogP contribution in [0.15, 0.2) is 34.3 Å². The fourth-order valence-electron chi connectivity index (χ4n) is 2.39. The Balaban J connectivity index is 2.34. The van der Waals surface area contributed by atoms with E-state index in [4.69, 9.17) is 5.84 Å². The number of thioether (sulfide) groups is 1. The van der Waals surface area contributed by atoms with E-state index < -0.39 is 10.0 Å². The van der Waals surface area contributed by atoms with Crippen LogP contribution in [0, 0.1) is 0 Å². The van der Waals surface area contributed by atoms with Gasteiger partial charge >= 0.3 is 0 Å². The van der Waals surface area contributed by atoms with Crippen molar-refractivity contribution in [3.05, 3.63) is 24.3 Å². The number of hydrogen-bond donors (Lipinski definition) is 1. The van der Waals surface area contributed by atoms with Gasteiger partial charge in [0, 0.05) is 24.4 Å². The van der Waals surface area contributed by atoms with Crippen molar-refractivity contribution in [2.75, 3.05) is 24.7 Å². The fraction of sp³-hybridized carbons (Fsp3) is 0.500. The second-order valence-electron chi connectivity index (χ2n) is 5.50. The summed E-state index contributed by atoms with van der Waals surface area (Å²) in [4.78, 5) is 0.233. The zero-order valence-corrected chi connectivity index (χ0v) is 16.5. The van der Waals surface area contributed by atoms with Gasteiger partial charge in [-0.15, -0.1) is 10.2 Å². The monoisotopic (exact) mass is 383 g/mol. The van der Waals surface area contributed by atoms with E-state index in [9.17, 15) is 8.42 Å². The Labute approximate surface area is 153 Å². The molecule has 0 spiro atoms. The van der Waals surface area contributed by atoms with Crippen molar-refractivity contribution in [2.24, 2.45) is 0 Å². The van der Waals surface area contributed by atoms with Gasteiger partial charge in [0.1, 0.15) is 0 Å². The molecule has 0 radical (unpaired) electrons. The molecule has 7 nitrogen and oxygen atoms in total. The predicted molar refractivity (Wildman–Crippen MR) is 101 cm³/mol. The lowest BCUT2D eigenvalue weighted by Gasteiger charge is -2.18. The van der Waals surface area contributed by atoms with Crippen molar-refractivity contribution in [1.82, 2.24) is 19.2 Å². The van der Waals surface area contributed by atoms with Crippen molar-refractivity contribution < 1.29 is 8.42 Å². The van der Waals surface area contributed by atoms with Crippen molar-refractivity contribution in [2.45, 2.75) is 43.7 Å². The minimum atomic E-state index is -3.53. The van der Waals surface area contributed by atoms with Crippen molar-refractivity contribution in [3.63, 3.8) is 0 Å². The van der Waals surface area contributed by atoms with Gasteiger partial charge < -0.3 is 5.84 Å². The lowest BCUT2D eigenvalue weighted by molar-refractivity contribution is 0.445. The van der Waals surface area contributed by atoms with Crippen LogP contribution < -0.4 is 5.84 Å². The summed E-state index contributed by atoms with van der Waals surface area (Å²) in [5, 5.41) is 8.87. The molecule has 0 fully saturated rings. The number of nitrogens with zero attached hydrogens (tertiary/aromatic N) is 4. The van der Waals surface area contributed by atoms with Crippen LogP contribution in [0.5, 0.6) is 0 Å². The first-order valence-electron chi connectivity index (χ1n) is 8.39. The second-order valence-corrected chi connectivity index (χ2v) is 8.50. The molecule has 0 amide bonds. The van der Waals surface area contributed by atoms with E-state index in [1.54, 1.807) is 36.0 Å². The summed E-state index contributed by atoms with van der Waals surface area (Å²) in [6.45, 7) is 6.62. The molecular formula is C16H25N5O2S2. The molecule has 0 aliphatic rings. The molecule has 0 atom stereocenters. The van der Waals surface area contributed by atoms with Crippen LogP contribution in [-0.4, -0.2) is 46.4 Å². The molecule has 0 bridgehead atoms. The third-order valence-electron chi connectivity index (χ3n) is 3.83. The van der Waals surface area contributed by atoms with Gasteiger partial charge in [-0.1, -0.05) is 51.1 Å². The van der Waals surface area contributed by atoms with Gasteiger partial charge in [0.25, 0.3) is 0 Å². The number of nitrogens with two attached hydrogens (primary N) is 1. The molecule has 1 heterocycles. The normalized spacial score (nSPS) is 12.0. The smallest absolute Gasteiger partial charge is 0.243 e. The average Bonchev–Trinajstić information content (AvgIpc) is 2.97. The number of unbranched alkanes of at least 4 members (excludes halogenated alkanes) is 1. The standard InChI is InChI=1S/C16H25N5O2S2/c1-4-7-11-24-16-19-18-15(21(16)17)13-9-8-10-14(12-13)25(22,23)20(5-2)6-3/h8-10,12H,4-7,11,17H2,1-3H3. The molecule has 2 N–H and O–H groups in total. The fourth-order valence-corrected chi connectivity index (χ4v) is 4.83. The number of benzene rings is 1. The van der Waals surface area contributed by atoms with Crippen molar-refractivity contribution >= 4 is 21.8 Å². The summed E-state index contributed by atoms with van der Waals surface area (Å²) in [7, 11) is -3.53. The maximum absolute atomic E-state index is 12.7. The highest BCUT2D eigenvalue weighted by atomic mass is 32.2. The Morgan fingerprint density at radius 3 is 2.56 bits per heavy atom. The third kappa shape index (κ3) is 4.34. The molecule has 2 rings (SSSR count). The number of nitrogen functional groups attached to an aromatic ring is 1. The molecule has 9 heteroatoms. The maximum atomic E-state index is 12.7. The minimum Gasteiger partial charge on any atom is -0.335 e. The van der Waals surface area contributed by atoms with E-state index in [2.05, 4.69) is 17.1 Å². The minimum absolute atomic E-state index is 0.233. The van der Waals surface area contributed by atoms with Crippen LogP contribution >= 0.6 is 11.8 Å². The van der Waals surface area contributed by atoms with E-state index in [0.29, 0.717) is 29.6 Å². The summed E-state index contributed by atoms with van der Waals surface area (Å²) in [6, 6.07) is 6.67. The summed E-state index contributed by atoms with van der Waals surface area (Å²) < 4.78 is 28.2. The number of aromatic nitrogens is 3. The molecule has 1 aromatic carbocycles. The lowest BCUT2D eigenvalue weighted by atomic mass is 10.2. The molecule has 0 aliphatic heterocycles. The van der Waals surface area contributed by atoms with Gasteiger partial charge in [-0.05, 0) is 18.6 Å². The van der Waals surface area contributed by atoms with Crippen LogP contribution in [0.3, 0.4) is 0 Å². The topological polar surface area (TPSA) is 94.1 Å². The average molecular weight is 384 g/mol. The Morgan fingerprint density at radius 1 is 1.20 bits per heavy atom. The molecule has 138 valence electrons. The third-order valence-corrected chi connectivity index (χ3v) is 6.90. The molecule has 0 aliphatic carbocycles. The highest BCUT2D eigenvalue weighted by molar-refractivity contribution is 7.99. The highest BCUT2D eigenvalue weighted by Gasteiger charge is 2.22.